The molecule has 2 rings (SSSR count). The summed E-state index contributed by atoms with van der Waals surface area (Å²) in [6, 6.07) is 14.8. The lowest BCUT2D eigenvalue weighted by molar-refractivity contribution is -0.128. The summed E-state index contributed by atoms with van der Waals surface area (Å²) in [4.78, 5) is 13.8. The van der Waals surface area contributed by atoms with Gasteiger partial charge in [0, 0.05) is 13.6 Å². The number of carbonyl (C=O) groups excluding carboxylic acids is 1. The molecule has 2 aromatic rings. The zero-order valence-electron chi connectivity index (χ0n) is 13.5. The van der Waals surface area contributed by atoms with Gasteiger partial charge in [-0.2, -0.15) is 0 Å². The SMILES string of the molecule is CN(Cc1ccccc1)C(=O)CN(c1ccccc1F)S(C)(=O)=O. The van der Waals surface area contributed by atoms with Crippen LogP contribution >= 0.6 is 0 Å². The molecule has 0 atom stereocenters. The summed E-state index contributed by atoms with van der Waals surface area (Å²) in [6.07, 6.45) is 0.948. The van der Waals surface area contributed by atoms with Crippen molar-refractivity contribution in [3.8, 4) is 0 Å². The Labute approximate surface area is 141 Å². The van der Waals surface area contributed by atoms with Crippen molar-refractivity contribution in [2.45, 2.75) is 6.54 Å². The van der Waals surface area contributed by atoms with Crippen LogP contribution in [0.2, 0.25) is 0 Å². The number of halogens is 1. The minimum Gasteiger partial charge on any atom is -0.340 e. The second-order valence-corrected chi connectivity index (χ2v) is 7.36. The van der Waals surface area contributed by atoms with Gasteiger partial charge in [0.1, 0.15) is 12.4 Å². The lowest BCUT2D eigenvalue weighted by Crippen LogP contribution is -2.41. The molecular formula is C17H19FN2O3S. The van der Waals surface area contributed by atoms with Crippen LogP contribution in [0.15, 0.2) is 54.6 Å². The lowest BCUT2D eigenvalue weighted by Gasteiger charge is -2.25. The fourth-order valence-electron chi connectivity index (χ4n) is 2.22. The van der Waals surface area contributed by atoms with E-state index in [0.29, 0.717) is 6.54 Å². The molecule has 0 radical (unpaired) electrons. The van der Waals surface area contributed by atoms with Crippen LogP contribution in [0, 0.1) is 5.82 Å². The molecular weight excluding hydrogens is 331 g/mol. The average Bonchev–Trinajstić information content (AvgIpc) is 2.53. The largest absolute Gasteiger partial charge is 0.340 e. The highest BCUT2D eigenvalue weighted by Gasteiger charge is 2.24. The van der Waals surface area contributed by atoms with Crippen LogP contribution in [0.1, 0.15) is 5.56 Å². The van der Waals surface area contributed by atoms with Crippen LogP contribution in [0.4, 0.5) is 10.1 Å². The van der Waals surface area contributed by atoms with E-state index in [-0.39, 0.29) is 5.69 Å². The van der Waals surface area contributed by atoms with Crippen molar-refractivity contribution in [3.05, 3.63) is 66.0 Å². The number of anilines is 1. The highest BCUT2D eigenvalue weighted by Crippen LogP contribution is 2.21. The highest BCUT2D eigenvalue weighted by atomic mass is 32.2. The highest BCUT2D eigenvalue weighted by molar-refractivity contribution is 7.92. The molecule has 0 bridgehead atoms. The number of sulfonamides is 1. The number of hydrogen-bond donors (Lipinski definition) is 0. The van der Waals surface area contributed by atoms with E-state index in [9.17, 15) is 17.6 Å². The van der Waals surface area contributed by atoms with Gasteiger partial charge in [0.25, 0.3) is 0 Å². The van der Waals surface area contributed by atoms with E-state index in [1.807, 2.05) is 30.3 Å². The molecule has 0 saturated heterocycles. The molecule has 0 aromatic heterocycles. The van der Waals surface area contributed by atoms with Crippen molar-refractivity contribution in [1.82, 2.24) is 4.90 Å². The quantitative estimate of drug-likeness (QED) is 0.803. The van der Waals surface area contributed by atoms with Crippen LogP contribution < -0.4 is 4.31 Å². The zero-order chi connectivity index (χ0) is 17.7. The molecule has 0 fully saturated rings. The van der Waals surface area contributed by atoms with Crippen molar-refractivity contribution in [1.29, 1.82) is 0 Å². The maximum atomic E-state index is 13.9. The summed E-state index contributed by atoms with van der Waals surface area (Å²) in [5.74, 6) is -1.12. The Morgan fingerprint density at radius 3 is 2.21 bits per heavy atom. The van der Waals surface area contributed by atoms with E-state index in [1.54, 1.807) is 7.05 Å². The van der Waals surface area contributed by atoms with Gasteiger partial charge in [-0.25, -0.2) is 12.8 Å². The molecule has 0 N–H and O–H groups in total. The van der Waals surface area contributed by atoms with Crippen molar-refractivity contribution < 1.29 is 17.6 Å². The predicted molar refractivity (Wildman–Crippen MR) is 91.5 cm³/mol. The molecule has 2 aromatic carbocycles. The van der Waals surface area contributed by atoms with Gasteiger partial charge in [-0.05, 0) is 17.7 Å². The van der Waals surface area contributed by atoms with Gasteiger partial charge in [0.15, 0.2) is 0 Å². The molecule has 0 aliphatic heterocycles. The van der Waals surface area contributed by atoms with E-state index in [4.69, 9.17) is 0 Å². The second kappa shape index (κ2) is 7.44. The Kier molecular flexibility index (Phi) is 5.56. The standard InChI is InChI=1S/C17H19FN2O3S/c1-19(12-14-8-4-3-5-9-14)17(21)13-20(24(2,22)23)16-11-7-6-10-15(16)18/h3-11H,12-13H2,1-2H3. The monoisotopic (exact) mass is 350 g/mol. The molecule has 0 aliphatic carbocycles. The average molecular weight is 350 g/mol. The number of para-hydroxylation sites is 1. The molecule has 5 nitrogen and oxygen atoms in total. The topological polar surface area (TPSA) is 57.7 Å². The number of likely N-dealkylation sites (N-methyl/N-ethyl adjacent to an activating group) is 1. The number of benzene rings is 2. The fraction of sp³-hybridized carbons (Fsp3) is 0.235. The van der Waals surface area contributed by atoms with E-state index in [1.165, 1.54) is 23.1 Å². The van der Waals surface area contributed by atoms with Crippen molar-refractivity contribution in [3.63, 3.8) is 0 Å². The third-order valence-corrected chi connectivity index (χ3v) is 4.62. The van der Waals surface area contributed by atoms with Crippen LogP contribution in [0.25, 0.3) is 0 Å². The Bertz CT molecular complexity index is 810. The first-order valence-corrected chi connectivity index (χ1v) is 9.14. The van der Waals surface area contributed by atoms with Crippen LogP contribution in [-0.4, -0.2) is 39.1 Å². The van der Waals surface area contributed by atoms with Gasteiger partial charge in [0.2, 0.25) is 15.9 Å². The van der Waals surface area contributed by atoms with Gasteiger partial charge < -0.3 is 4.90 Å². The van der Waals surface area contributed by atoms with E-state index < -0.39 is 28.3 Å². The smallest absolute Gasteiger partial charge is 0.243 e. The van der Waals surface area contributed by atoms with Crippen molar-refractivity contribution >= 4 is 21.6 Å². The Balaban J connectivity index is 2.18. The molecule has 128 valence electrons. The van der Waals surface area contributed by atoms with Gasteiger partial charge in [-0.1, -0.05) is 42.5 Å². The number of rotatable bonds is 6. The molecule has 7 heteroatoms. The van der Waals surface area contributed by atoms with Gasteiger partial charge in [-0.15, -0.1) is 0 Å². The Morgan fingerprint density at radius 2 is 1.62 bits per heavy atom. The summed E-state index contributed by atoms with van der Waals surface area (Å²) in [5, 5.41) is 0. The molecule has 24 heavy (non-hydrogen) atoms. The van der Waals surface area contributed by atoms with Crippen LogP contribution in [0.5, 0.6) is 0 Å². The summed E-state index contributed by atoms with van der Waals surface area (Å²) < 4.78 is 38.7. The van der Waals surface area contributed by atoms with Crippen molar-refractivity contribution in [2.75, 3.05) is 24.2 Å². The minimum absolute atomic E-state index is 0.138. The Morgan fingerprint density at radius 1 is 1.04 bits per heavy atom. The predicted octanol–water partition coefficient (Wildman–Crippen LogP) is 2.25. The lowest BCUT2D eigenvalue weighted by atomic mass is 10.2. The van der Waals surface area contributed by atoms with Gasteiger partial charge >= 0.3 is 0 Å². The van der Waals surface area contributed by atoms with E-state index in [2.05, 4.69) is 0 Å². The molecule has 0 unspecified atom stereocenters. The minimum atomic E-state index is -3.80. The van der Waals surface area contributed by atoms with Crippen LogP contribution in [0.3, 0.4) is 0 Å². The van der Waals surface area contributed by atoms with Gasteiger partial charge in [-0.3, -0.25) is 9.10 Å². The Hall–Kier alpha value is -2.41. The number of amides is 1. The first kappa shape index (κ1) is 17.9. The summed E-state index contributed by atoms with van der Waals surface area (Å²) in [5.41, 5.74) is 0.784. The maximum absolute atomic E-state index is 13.9. The van der Waals surface area contributed by atoms with Crippen molar-refractivity contribution in [2.24, 2.45) is 0 Å². The molecule has 0 saturated carbocycles. The summed E-state index contributed by atoms with van der Waals surface area (Å²) in [7, 11) is -2.22. The number of hydrogen-bond acceptors (Lipinski definition) is 3. The third-order valence-electron chi connectivity index (χ3n) is 3.49. The second-order valence-electron chi connectivity index (χ2n) is 5.46. The third kappa shape index (κ3) is 4.55. The van der Waals surface area contributed by atoms with E-state index >= 15 is 0 Å². The normalized spacial score (nSPS) is 11.1. The number of carbonyl (C=O) groups is 1. The van der Waals surface area contributed by atoms with Gasteiger partial charge in [0.05, 0.1) is 11.9 Å². The molecule has 1 amide bonds. The van der Waals surface area contributed by atoms with E-state index in [0.717, 1.165) is 22.2 Å². The summed E-state index contributed by atoms with van der Waals surface area (Å²) in [6.45, 7) is -0.113. The molecule has 0 aliphatic rings. The van der Waals surface area contributed by atoms with Crippen LogP contribution in [-0.2, 0) is 21.4 Å². The first-order valence-electron chi connectivity index (χ1n) is 7.29. The first-order chi connectivity index (χ1) is 11.3. The maximum Gasteiger partial charge on any atom is 0.243 e. The molecule has 0 heterocycles. The zero-order valence-corrected chi connectivity index (χ0v) is 14.3. The summed E-state index contributed by atoms with van der Waals surface area (Å²) >= 11 is 0. The fourth-order valence-corrected chi connectivity index (χ4v) is 3.07. The molecule has 0 spiro atoms. The number of nitrogens with zero attached hydrogens (tertiary/aromatic N) is 2.